The van der Waals surface area contributed by atoms with Gasteiger partial charge < -0.3 is 19.9 Å². The van der Waals surface area contributed by atoms with Crippen molar-refractivity contribution in [1.82, 2.24) is 9.80 Å². The van der Waals surface area contributed by atoms with Crippen molar-refractivity contribution in [2.24, 2.45) is 0 Å². The van der Waals surface area contributed by atoms with Crippen LogP contribution >= 0.6 is 0 Å². The zero-order chi connectivity index (χ0) is 15.4. The summed E-state index contributed by atoms with van der Waals surface area (Å²) in [6.45, 7) is 0.559. The number of ether oxygens (including phenoxy) is 1. The predicted molar refractivity (Wildman–Crippen MR) is 69.1 cm³/mol. The summed E-state index contributed by atoms with van der Waals surface area (Å²) in [5.74, 6) is -0.279. The zero-order valence-electron chi connectivity index (χ0n) is 11.4. The largest absolute Gasteiger partial charge is 0.573 e. The van der Waals surface area contributed by atoms with Gasteiger partial charge in [0, 0.05) is 31.9 Å². The van der Waals surface area contributed by atoms with Crippen LogP contribution in [0.25, 0.3) is 0 Å². The van der Waals surface area contributed by atoms with Gasteiger partial charge in [-0.15, -0.1) is 13.2 Å². The van der Waals surface area contributed by atoms with Crippen molar-refractivity contribution < 1.29 is 22.7 Å². The van der Waals surface area contributed by atoms with Gasteiger partial charge in [0.15, 0.2) is 0 Å². The van der Waals surface area contributed by atoms with Gasteiger partial charge in [-0.3, -0.25) is 0 Å². The van der Waals surface area contributed by atoms with E-state index in [2.05, 4.69) is 10.1 Å². The molecule has 8 heteroatoms. The van der Waals surface area contributed by atoms with E-state index in [1.165, 1.54) is 12.1 Å². The van der Waals surface area contributed by atoms with Gasteiger partial charge >= 0.3 is 12.4 Å². The fourth-order valence-corrected chi connectivity index (χ4v) is 3.00. The standard InChI is InChI=1S/C13H14F3N3O2/c1-18-10-6-17-9-4-3-7(21-13(14,15)16)5-8(9)11(10)19(2)12(18)20/h3-5,10-11,17H,6H2,1-2H3. The van der Waals surface area contributed by atoms with E-state index in [1.807, 2.05) is 0 Å². The van der Waals surface area contributed by atoms with Crippen molar-refractivity contribution in [3.05, 3.63) is 23.8 Å². The molecule has 0 aliphatic carbocycles. The predicted octanol–water partition coefficient (Wildman–Crippen LogP) is 2.42. The minimum Gasteiger partial charge on any atom is -0.406 e. The van der Waals surface area contributed by atoms with Crippen LogP contribution in [-0.2, 0) is 0 Å². The summed E-state index contributed by atoms with van der Waals surface area (Å²) < 4.78 is 41.0. The average Bonchev–Trinajstić information content (AvgIpc) is 2.62. The first kappa shape index (κ1) is 13.8. The lowest BCUT2D eigenvalue weighted by molar-refractivity contribution is -0.274. The van der Waals surface area contributed by atoms with Gasteiger partial charge in [-0.25, -0.2) is 4.79 Å². The van der Waals surface area contributed by atoms with Crippen LogP contribution in [0.1, 0.15) is 11.6 Å². The molecule has 2 atom stereocenters. The van der Waals surface area contributed by atoms with Crippen molar-refractivity contribution in [3.63, 3.8) is 0 Å². The Balaban J connectivity index is 1.99. The number of fused-ring (bicyclic) bond motifs is 3. The highest BCUT2D eigenvalue weighted by atomic mass is 19.4. The number of urea groups is 1. The van der Waals surface area contributed by atoms with E-state index < -0.39 is 6.36 Å². The molecule has 1 fully saturated rings. The topological polar surface area (TPSA) is 44.8 Å². The second-order valence-corrected chi connectivity index (χ2v) is 5.19. The third kappa shape index (κ3) is 2.24. The van der Waals surface area contributed by atoms with Crippen LogP contribution in [0.2, 0.25) is 0 Å². The second-order valence-electron chi connectivity index (χ2n) is 5.19. The first-order valence-corrected chi connectivity index (χ1v) is 6.41. The van der Waals surface area contributed by atoms with Crippen LogP contribution in [0, 0.1) is 0 Å². The Labute approximate surface area is 119 Å². The maximum Gasteiger partial charge on any atom is 0.573 e. The summed E-state index contributed by atoms with van der Waals surface area (Å²) in [6, 6.07) is 3.60. The SMILES string of the molecule is CN1C(=O)N(C)C2c3cc(OC(F)(F)F)ccc3NCC21. The van der Waals surface area contributed by atoms with Gasteiger partial charge in [-0.1, -0.05) is 0 Å². The molecule has 0 spiro atoms. The smallest absolute Gasteiger partial charge is 0.406 e. The Morgan fingerprint density at radius 2 is 2.00 bits per heavy atom. The molecule has 2 amide bonds. The highest BCUT2D eigenvalue weighted by molar-refractivity contribution is 5.79. The van der Waals surface area contributed by atoms with Gasteiger partial charge in [-0.05, 0) is 18.2 Å². The average molecular weight is 301 g/mol. The number of nitrogens with zero attached hydrogens (tertiary/aromatic N) is 2. The molecule has 5 nitrogen and oxygen atoms in total. The molecular weight excluding hydrogens is 287 g/mol. The number of amides is 2. The van der Waals surface area contributed by atoms with Gasteiger partial charge in [0.1, 0.15) is 5.75 Å². The molecule has 1 aromatic rings. The van der Waals surface area contributed by atoms with Crippen LogP contribution < -0.4 is 10.1 Å². The number of nitrogens with one attached hydrogen (secondary N) is 1. The van der Waals surface area contributed by atoms with Crippen molar-refractivity contribution in [2.75, 3.05) is 26.0 Å². The maximum atomic E-state index is 12.3. The molecule has 0 saturated carbocycles. The number of halogens is 3. The molecule has 1 aromatic carbocycles. The number of alkyl halides is 3. The van der Waals surface area contributed by atoms with E-state index in [0.29, 0.717) is 12.1 Å². The second kappa shape index (κ2) is 4.44. The van der Waals surface area contributed by atoms with E-state index in [-0.39, 0.29) is 23.9 Å². The Kier molecular flexibility index (Phi) is 2.93. The summed E-state index contributed by atoms with van der Waals surface area (Å²) in [7, 11) is 3.34. The van der Waals surface area contributed by atoms with Gasteiger partial charge in [0.05, 0.1) is 12.1 Å². The zero-order valence-corrected chi connectivity index (χ0v) is 11.4. The molecule has 0 aromatic heterocycles. The number of likely N-dealkylation sites (N-methyl/N-ethyl adjacent to an activating group) is 2. The number of benzene rings is 1. The summed E-state index contributed by atoms with van der Waals surface area (Å²) >= 11 is 0. The molecule has 1 N–H and O–H groups in total. The number of carbonyl (C=O) groups is 1. The Morgan fingerprint density at radius 3 is 2.67 bits per heavy atom. The van der Waals surface area contributed by atoms with Gasteiger partial charge in [0.25, 0.3) is 0 Å². The Morgan fingerprint density at radius 1 is 1.29 bits per heavy atom. The Bertz CT molecular complexity index is 591. The third-order valence-corrected chi connectivity index (χ3v) is 3.96. The molecule has 3 rings (SSSR count). The molecule has 2 aliphatic heterocycles. The fourth-order valence-electron chi connectivity index (χ4n) is 3.00. The van der Waals surface area contributed by atoms with Crippen LogP contribution in [0.3, 0.4) is 0 Å². The molecule has 0 bridgehead atoms. The van der Waals surface area contributed by atoms with Gasteiger partial charge in [-0.2, -0.15) is 0 Å². The van der Waals surface area contributed by atoms with Crippen molar-refractivity contribution in [1.29, 1.82) is 0 Å². The lowest BCUT2D eigenvalue weighted by atomic mass is 9.93. The molecule has 0 radical (unpaired) electrons. The summed E-state index contributed by atoms with van der Waals surface area (Å²) in [4.78, 5) is 15.1. The molecule has 114 valence electrons. The van der Waals surface area contributed by atoms with E-state index in [1.54, 1.807) is 30.0 Å². The normalized spacial score (nSPS) is 24.5. The van der Waals surface area contributed by atoms with Crippen LogP contribution in [-0.4, -0.2) is 48.9 Å². The highest BCUT2D eigenvalue weighted by Gasteiger charge is 2.45. The van der Waals surface area contributed by atoms with Crippen LogP contribution in [0.5, 0.6) is 5.75 Å². The van der Waals surface area contributed by atoms with Crippen LogP contribution in [0.4, 0.5) is 23.7 Å². The van der Waals surface area contributed by atoms with Crippen molar-refractivity contribution in [2.45, 2.75) is 18.4 Å². The van der Waals surface area contributed by atoms with Gasteiger partial charge in [0.2, 0.25) is 0 Å². The molecule has 1 saturated heterocycles. The van der Waals surface area contributed by atoms with E-state index in [4.69, 9.17) is 0 Å². The lowest BCUT2D eigenvalue weighted by Crippen LogP contribution is -2.39. The minimum atomic E-state index is -4.73. The summed E-state index contributed by atoms with van der Waals surface area (Å²) in [5, 5.41) is 3.14. The first-order chi connectivity index (χ1) is 9.78. The highest BCUT2D eigenvalue weighted by Crippen LogP contribution is 2.42. The molecular formula is C13H14F3N3O2. The monoisotopic (exact) mass is 301 g/mol. The van der Waals surface area contributed by atoms with E-state index in [0.717, 1.165) is 5.69 Å². The first-order valence-electron chi connectivity index (χ1n) is 6.41. The number of anilines is 1. The quantitative estimate of drug-likeness (QED) is 0.866. The molecule has 2 aliphatic rings. The van der Waals surface area contributed by atoms with Crippen LogP contribution in [0.15, 0.2) is 18.2 Å². The molecule has 21 heavy (non-hydrogen) atoms. The minimum absolute atomic E-state index is 0.115. The summed E-state index contributed by atoms with van der Waals surface area (Å²) in [6.07, 6.45) is -4.73. The lowest BCUT2D eigenvalue weighted by Gasteiger charge is -2.33. The summed E-state index contributed by atoms with van der Waals surface area (Å²) in [5.41, 5.74) is 1.36. The maximum absolute atomic E-state index is 12.3. The fraction of sp³-hybridized carbons (Fsp3) is 0.462. The van der Waals surface area contributed by atoms with Crippen molar-refractivity contribution in [3.8, 4) is 5.75 Å². The number of hydrogen-bond donors (Lipinski definition) is 1. The number of rotatable bonds is 1. The third-order valence-electron chi connectivity index (χ3n) is 3.96. The van der Waals surface area contributed by atoms with Crippen molar-refractivity contribution >= 4 is 11.7 Å². The molecule has 2 heterocycles. The number of hydrogen-bond acceptors (Lipinski definition) is 3. The van der Waals surface area contributed by atoms with E-state index in [9.17, 15) is 18.0 Å². The Hall–Kier alpha value is -2.12. The molecule has 2 unspecified atom stereocenters. The number of carbonyl (C=O) groups excluding carboxylic acids is 1. The van der Waals surface area contributed by atoms with E-state index >= 15 is 0 Å².